The fourth-order valence-electron chi connectivity index (χ4n) is 0.390. The molecule has 2 nitrogen and oxygen atoms in total. The lowest BCUT2D eigenvalue weighted by Gasteiger charge is -2.15. The van der Waals surface area contributed by atoms with E-state index in [9.17, 15) is 13.0 Å². The average Bonchev–Trinajstić information content (AvgIpc) is 1.14. The Balaban J connectivity index is 3.90. The smallest absolute Gasteiger partial charge is 0.238 e. The first kappa shape index (κ1) is 9.27. The summed E-state index contributed by atoms with van der Waals surface area (Å²) in [5, 5.41) is 0. The van der Waals surface area contributed by atoms with Gasteiger partial charge in [0.1, 0.15) is 8.24 Å². The van der Waals surface area contributed by atoms with Crippen molar-refractivity contribution < 1.29 is 13.0 Å². The van der Waals surface area contributed by atoms with E-state index >= 15 is 0 Å². The van der Waals surface area contributed by atoms with Crippen LogP contribution in [0.15, 0.2) is 0 Å². The number of nitrogens with one attached hydrogen (secondary N) is 1. The summed E-state index contributed by atoms with van der Waals surface area (Å²) < 4.78 is 35.0. The number of rotatable bonds is 2. The van der Waals surface area contributed by atoms with Crippen LogP contribution in [0.3, 0.4) is 0 Å². The van der Waals surface area contributed by atoms with Crippen LogP contribution in [0.25, 0.3) is 0 Å². The van der Waals surface area contributed by atoms with E-state index in [1.165, 1.54) is 0 Å². The Hall–Kier alpha value is 0.267. The lowest BCUT2D eigenvalue weighted by Crippen LogP contribution is -2.36. The zero-order chi connectivity index (χ0) is 7.71. The monoisotopic (exact) mass is 173 g/mol. The van der Waals surface area contributed by atoms with E-state index < -0.39 is 16.1 Å². The predicted molar refractivity (Wildman–Crippen MR) is 36.3 cm³/mol. The van der Waals surface area contributed by atoms with Gasteiger partial charge in [0.15, 0.2) is 0 Å². The SMILES string of the molecule is C[Si](C)(C)NP(=O)(F)F. The second-order valence-electron chi connectivity index (χ2n) is 2.82. The van der Waals surface area contributed by atoms with Crippen molar-refractivity contribution in [3.05, 3.63) is 0 Å². The van der Waals surface area contributed by atoms with Gasteiger partial charge in [-0.15, -0.1) is 8.39 Å². The van der Waals surface area contributed by atoms with Crippen LogP contribution in [0, 0.1) is 0 Å². The van der Waals surface area contributed by atoms with Gasteiger partial charge >= 0.3 is 7.91 Å². The average molecular weight is 173 g/mol. The molecule has 0 aromatic carbocycles. The van der Waals surface area contributed by atoms with Gasteiger partial charge in [0.2, 0.25) is 0 Å². The van der Waals surface area contributed by atoms with E-state index in [2.05, 4.69) is 0 Å². The van der Waals surface area contributed by atoms with Crippen LogP contribution in [0.2, 0.25) is 19.6 Å². The standard InChI is InChI=1S/C3H10F2NOPSi/c1-9(2,3)6-8(4,5)7/h1-3H3,(H,6,7). The molecule has 0 rings (SSSR count). The molecule has 0 aromatic heterocycles. The van der Waals surface area contributed by atoms with E-state index in [-0.39, 0.29) is 0 Å². The summed E-state index contributed by atoms with van der Waals surface area (Å²) in [6, 6.07) is 0. The molecule has 0 saturated carbocycles. The minimum atomic E-state index is -4.98. The fraction of sp³-hybridized carbons (Fsp3) is 1.00. The molecule has 0 heterocycles. The van der Waals surface area contributed by atoms with E-state index in [1.807, 2.05) is 4.75 Å². The normalized spacial score (nSPS) is 13.9. The van der Waals surface area contributed by atoms with Gasteiger partial charge in [-0.05, 0) is 0 Å². The van der Waals surface area contributed by atoms with Crippen molar-refractivity contribution in [3.8, 4) is 0 Å². The van der Waals surface area contributed by atoms with Crippen molar-refractivity contribution in [2.24, 2.45) is 0 Å². The third kappa shape index (κ3) is 8.27. The van der Waals surface area contributed by atoms with Gasteiger partial charge in [-0.25, -0.2) is 9.32 Å². The maximum absolute atomic E-state index is 11.7. The first-order valence-corrected chi connectivity index (χ1v) is 7.48. The molecule has 0 radical (unpaired) electrons. The highest BCUT2D eigenvalue weighted by Crippen LogP contribution is 2.45. The Bertz CT molecular complexity index is 139. The lowest BCUT2D eigenvalue weighted by molar-refractivity contribution is 0.489. The number of hydrogen-bond acceptors (Lipinski definition) is 1. The lowest BCUT2D eigenvalue weighted by atomic mass is 11.8. The molecule has 0 aliphatic rings. The molecule has 0 fully saturated rings. The first-order chi connectivity index (χ1) is 3.71. The van der Waals surface area contributed by atoms with Crippen molar-refractivity contribution in [1.29, 1.82) is 0 Å². The second kappa shape index (κ2) is 2.48. The Morgan fingerprint density at radius 2 is 1.67 bits per heavy atom. The zero-order valence-electron chi connectivity index (χ0n) is 5.61. The van der Waals surface area contributed by atoms with Crippen molar-refractivity contribution in [1.82, 2.24) is 4.75 Å². The Morgan fingerprint density at radius 1 is 1.33 bits per heavy atom. The summed E-state index contributed by atoms with van der Waals surface area (Å²) in [6.45, 7) is 5.00. The van der Waals surface area contributed by atoms with Gasteiger partial charge in [-0.2, -0.15) is 0 Å². The van der Waals surface area contributed by atoms with Crippen LogP contribution in [0.5, 0.6) is 0 Å². The minimum Gasteiger partial charge on any atom is -0.238 e. The van der Waals surface area contributed by atoms with Gasteiger partial charge in [-0.1, -0.05) is 19.6 Å². The Labute approximate surface area is 54.4 Å². The molecule has 56 valence electrons. The molecule has 0 atom stereocenters. The largest absolute Gasteiger partial charge is 0.473 e. The van der Waals surface area contributed by atoms with Gasteiger partial charge in [0, 0.05) is 0 Å². The van der Waals surface area contributed by atoms with Gasteiger partial charge in [0.05, 0.1) is 0 Å². The number of halogens is 2. The zero-order valence-corrected chi connectivity index (χ0v) is 7.51. The van der Waals surface area contributed by atoms with Gasteiger partial charge < -0.3 is 0 Å². The van der Waals surface area contributed by atoms with E-state index in [4.69, 9.17) is 0 Å². The molecule has 0 aromatic rings. The Morgan fingerprint density at radius 3 is 1.67 bits per heavy atom. The Kier molecular flexibility index (Phi) is 2.55. The van der Waals surface area contributed by atoms with E-state index in [0.29, 0.717) is 0 Å². The third-order valence-corrected chi connectivity index (χ3v) is 4.19. The molecule has 0 saturated heterocycles. The first-order valence-electron chi connectivity index (χ1n) is 2.49. The minimum absolute atomic E-state index is 1.67. The summed E-state index contributed by atoms with van der Waals surface area (Å²) in [5.41, 5.74) is 0. The highest BCUT2D eigenvalue weighted by Gasteiger charge is 2.27. The maximum Gasteiger partial charge on any atom is 0.473 e. The summed E-state index contributed by atoms with van der Waals surface area (Å²) in [6.07, 6.45) is 0. The van der Waals surface area contributed by atoms with E-state index in [1.54, 1.807) is 19.6 Å². The summed E-state index contributed by atoms with van der Waals surface area (Å²) in [4.78, 5) is 0. The molecule has 0 amide bonds. The van der Waals surface area contributed by atoms with Crippen LogP contribution in [-0.4, -0.2) is 8.24 Å². The third-order valence-electron chi connectivity index (χ3n) is 0.466. The van der Waals surface area contributed by atoms with Crippen LogP contribution in [0.1, 0.15) is 0 Å². The summed E-state index contributed by atoms with van der Waals surface area (Å²) in [7, 11) is -7.03. The number of hydrogen-bond donors (Lipinski definition) is 1. The molecule has 0 spiro atoms. The highest BCUT2D eigenvalue weighted by atomic mass is 31.2. The molecule has 6 heteroatoms. The quantitative estimate of drug-likeness (QED) is 0.513. The van der Waals surface area contributed by atoms with Crippen molar-refractivity contribution in [2.45, 2.75) is 19.6 Å². The molecule has 0 unspecified atom stereocenters. The van der Waals surface area contributed by atoms with Crippen LogP contribution in [-0.2, 0) is 4.57 Å². The second-order valence-corrected chi connectivity index (χ2v) is 9.14. The van der Waals surface area contributed by atoms with Gasteiger partial charge in [0.25, 0.3) is 0 Å². The van der Waals surface area contributed by atoms with Crippen LogP contribution in [0.4, 0.5) is 8.39 Å². The summed E-state index contributed by atoms with van der Waals surface area (Å²) >= 11 is 0. The fourth-order valence-corrected chi connectivity index (χ4v) is 3.51. The van der Waals surface area contributed by atoms with Crippen molar-refractivity contribution >= 4 is 16.1 Å². The van der Waals surface area contributed by atoms with Crippen LogP contribution >= 0.6 is 7.91 Å². The molecule has 0 bridgehead atoms. The highest BCUT2D eigenvalue weighted by molar-refractivity contribution is 7.53. The van der Waals surface area contributed by atoms with Gasteiger partial charge in [-0.3, -0.25) is 0 Å². The predicted octanol–water partition coefficient (Wildman–Crippen LogP) is 2.46. The molecule has 9 heavy (non-hydrogen) atoms. The van der Waals surface area contributed by atoms with Crippen molar-refractivity contribution in [3.63, 3.8) is 0 Å². The maximum atomic E-state index is 11.7. The van der Waals surface area contributed by atoms with Crippen LogP contribution < -0.4 is 4.75 Å². The molecule has 1 N–H and O–H groups in total. The molecule has 0 aliphatic carbocycles. The van der Waals surface area contributed by atoms with Crippen molar-refractivity contribution in [2.75, 3.05) is 0 Å². The molecular weight excluding hydrogens is 163 g/mol. The summed E-state index contributed by atoms with van der Waals surface area (Å²) in [5.74, 6) is 0. The molecular formula is C3H10F2NOPSi. The van der Waals surface area contributed by atoms with E-state index in [0.717, 1.165) is 0 Å². The molecule has 0 aliphatic heterocycles. The topological polar surface area (TPSA) is 29.1 Å².